The van der Waals surface area contributed by atoms with Gasteiger partial charge in [-0.1, -0.05) is 155 Å². The molecule has 0 saturated heterocycles. The molecule has 16 atom stereocenters. The van der Waals surface area contributed by atoms with E-state index in [1.54, 1.807) is 11.1 Å². The van der Waals surface area contributed by atoms with Crippen LogP contribution in [-0.2, 0) is 14.3 Å². The van der Waals surface area contributed by atoms with Crippen LogP contribution in [0.4, 0.5) is 0 Å². The predicted molar refractivity (Wildman–Crippen MR) is 303 cm³/mol. The molecule has 0 aromatic heterocycles. The quantitative estimate of drug-likeness (QED) is 0.0750. The van der Waals surface area contributed by atoms with Crippen molar-refractivity contribution in [1.82, 2.24) is 0 Å². The Morgan fingerprint density at radius 2 is 1.03 bits per heavy atom. The van der Waals surface area contributed by atoms with Crippen molar-refractivity contribution in [1.29, 1.82) is 0 Å². The highest BCUT2D eigenvalue weighted by molar-refractivity contribution is 6.40. The predicted octanol–water partition coefficient (Wildman–Crippen LogP) is 18.3. The summed E-state index contributed by atoms with van der Waals surface area (Å²) in [6.07, 6.45) is 46.5. The standard InChI is InChI=1S/C32H54O2.C32H52O2.CH2Cl2/c2*1-23(2)10-9-11-24(3)28-14-15-29-27-13-12-25-22-26(34-21-8-6-7-20-33)16-18-31(25,4)30(27)17-19-32(28,29)5;2-1-3/h6,8,12,23-24,26-30,33H,7,9-11,13-22H2,1-5H3;6,8,12,20,23-24,26-30H,7,9-11,13-19,21-22H2,1-5H3;1H2/b2*8-6+;/t2*24-,26+,27?,28-,29?,30?,31+,32-;/m11./s1. The Morgan fingerprint density at radius 3 is 1.44 bits per heavy atom. The van der Waals surface area contributed by atoms with Gasteiger partial charge in [-0.25, -0.2) is 0 Å². The molecule has 0 spiro atoms. The number of carbonyl (C=O) groups is 1. The average molecular weight is 1020 g/mol. The van der Waals surface area contributed by atoms with E-state index < -0.39 is 0 Å². The molecular weight excluding hydrogens is 916 g/mol. The number of allylic oxidation sites excluding steroid dienone is 3. The van der Waals surface area contributed by atoms with Gasteiger partial charge in [0.05, 0.1) is 30.8 Å². The number of hydrogen-bond donors (Lipinski definition) is 1. The van der Waals surface area contributed by atoms with Crippen molar-refractivity contribution in [2.45, 2.75) is 236 Å². The monoisotopic (exact) mass is 1020 g/mol. The van der Waals surface area contributed by atoms with Crippen molar-refractivity contribution < 1.29 is 19.4 Å². The summed E-state index contributed by atoms with van der Waals surface area (Å²) in [6, 6.07) is 0. The first kappa shape index (κ1) is 59.3. The third kappa shape index (κ3) is 14.0. The van der Waals surface area contributed by atoms with E-state index in [0.29, 0.717) is 53.5 Å². The Morgan fingerprint density at radius 1 is 0.592 bits per heavy atom. The summed E-state index contributed by atoms with van der Waals surface area (Å²) in [5.74, 6) is 10.9. The zero-order chi connectivity index (χ0) is 51.4. The van der Waals surface area contributed by atoms with Gasteiger partial charge >= 0.3 is 0 Å². The molecule has 0 radical (unpaired) electrons. The van der Waals surface area contributed by atoms with Gasteiger partial charge in [-0.3, -0.25) is 0 Å². The largest absolute Gasteiger partial charge is 0.396 e. The molecule has 0 amide bonds. The van der Waals surface area contributed by atoms with Crippen LogP contribution in [0.2, 0.25) is 0 Å². The van der Waals surface area contributed by atoms with Crippen LogP contribution in [0.5, 0.6) is 0 Å². The van der Waals surface area contributed by atoms with Crippen LogP contribution in [0, 0.1) is 92.7 Å². The third-order valence-electron chi connectivity index (χ3n) is 22.2. The van der Waals surface area contributed by atoms with Crippen LogP contribution in [-0.4, -0.2) is 48.8 Å². The van der Waals surface area contributed by atoms with Crippen molar-refractivity contribution in [3.05, 3.63) is 47.6 Å². The van der Waals surface area contributed by atoms with Gasteiger partial charge in [0, 0.05) is 13.0 Å². The summed E-state index contributed by atoms with van der Waals surface area (Å²) in [5.41, 5.74) is 5.41. The topological polar surface area (TPSA) is 55.8 Å². The highest BCUT2D eigenvalue weighted by Crippen LogP contribution is 2.69. The maximum absolute atomic E-state index is 10.5. The lowest BCUT2D eigenvalue weighted by Gasteiger charge is -2.58. The molecule has 406 valence electrons. The smallest absolute Gasteiger partial charge is 0.123 e. The SMILES string of the molecule is CC(C)CCC[C@@H](C)[C@H]1CCC2C3CC=C4C[C@@H](OC/C=C/CC=O)CC[C@]4(C)C3CC[C@@]21C.CC(C)CCC[C@@H](C)[C@H]1CCC2C3CC=C4C[C@@H](OC/C=C/CCO)CC[C@]4(C)C3CC[C@@]21C.ClCCl. The Hall–Kier alpha value is -0.910. The molecule has 0 heterocycles. The molecule has 71 heavy (non-hydrogen) atoms. The minimum Gasteiger partial charge on any atom is -0.396 e. The van der Waals surface area contributed by atoms with E-state index in [9.17, 15) is 4.79 Å². The van der Waals surface area contributed by atoms with Gasteiger partial charge in [0.1, 0.15) is 6.29 Å². The summed E-state index contributed by atoms with van der Waals surface area (Å²) in [4.78, 5) is 10.5. The zero-order valence-electron chi connectivity index (χ0n) is 47.4. The first-order valence-electron chi connectivity index (χ1n) is 30.1. The number of halogens is 2. The molecule has 8 rings (SSSR count). The maximum atomic E-state index is 10.5. The van der Waals surface area contributed by atoms with E-state index in [2.05, 4.69) is 87.5 Å². The molecule has 8 aliphatic rings. The number of rotatable bonds is 20. The van der Waals surface area contributed by atoms with E-state index in [4.69, 9.17) is 37.8 Å². The molecular formula is C65H108Cl2O4. The van der Waals surface area contributed by atoms with E-state index in [0.717, 1.165) is 96.6 Å². The van der Waals surface area contributed by atoms with Crippen LogP contribution < -0.4 is 0 Å². The molecule has 6 fully saturated rings. The number of aliphatic hydroxyl groups is 1. The molecule has 0 aromatic carbocycles. The summed E-state index contributed by atoms with van der Waals surface area (Å²) in [7, 11) is 0. The van der Waals surface area contributed by atoms with Gasteiger partial charge in [-0.2, -0.15) is 0 Å². The Balaban J connectivity index is 0.000000220. The first-order valence-corrected chi connectivity index (χ1v) is 31.2. The van der Waals surface area contributed by atoms with Gasteiger partial charge in [-0.05, 0) is 202 Å². The van der Waals surface area contributed by atoms with Crippen molar-refractivity contribution in [3.63, 3.8) is 0 Å². The zero-order valence-corrected chi connectivity index (χ0v) is 48.9. The Labute approximate surface area is 447 Å². The molecule has 6 heteroatoms. The lowest BCUT2D eigenvalue weighted by molar-refractivity contribution is -0.107. The molecule has 0 aromatic rings. The van der Waals surface area contributed by atoms with Gasteiger partial charge in [0.25, 0.3) is 0 Å². The number of alkyl halides is 2. The normalized spacial score (nSPS) is 39.1. The molecule has 4 nitrogen and oxygen atoms in total. The van der Waals surface area contributed by atoms with Gasteiger partial charge in [-0.15, -0.1) is 23.2 Å². The second-order valence-electron chi connectivity index (χ2n) is 26.9. The van der Waals surface area contributed by atoms with Crippen molar-refractivity contribution in [2.24, 2.45) is 92.7 Å². The number of aldehydes is 1. The van der Waals surface area contributed by atoms with E-state index >= 15 is 0 Å². The molecule has 0 bridgehead atoms. The summed E-state index contributed by atoms with van der Waals surface area (Å²) in [5, 5.41) is 9.13. The minimum absolute atomic E-state index is 0.194. The van der Waals surface area contributed by atoms with Gasteiger partial charge < -0.3 is 19.4 Å². The fraction of sp³-hybridized carbons (Fsp3) is 0.862. The van der Waals surface area contributed by atoms with Crippen molar-refractivity contribution in [3.8, 4) is 0 Å². The van der Waals surface area contributed by atoms with Crippen LogP contribution >= 0.6 is 23.2 Å². The minimum atomic E-state index is 0.194. The van der Waals surface area contributed by atoms with Crippen molar-refractivity contribution >= 4 is 29.5 Å². The highest BCUT2D eigenvalue weighted by atomic mass is 35.5. The highest BCUT2D eigenvalue weighted by Gasteiger charge is 2.61. The maximum Gasteiger partial charge on any atom is 0.123 e. The number of hydrogen-bond acceptors (Lipinski definition) is 4. The summed E-state index contributed by atoms with van der Waals surface area (Å²) >= 11 is 9.53. The molecule has 6 unspecified atom stereocenters. The summed E-state index contributed by atoms with van der Waals surface area (Å²) < 4.78 is 12.4. The molecule has 6 saturated carbocycles. The second kappa shape index (κ2) is 27.4. The average Bonchev–Trinajstić information content (AvgIpc) is 3.88. The molecule has 0 aliphatic heterocycles. The fourth-order valence-electron chi connectivity index (χ4n) is 18.5. The first-order chi connectivity index (χ1) is 34.0. The Kier molecular flexibility index (Phi) is 22.9. The van der Waals surface area contributed by atoms with E-state index in [-0.39, 0.29) is 11.9 Å². The fourth-order valence-corrected chi connectivity index (χ4v) is 18.5. The van der Waals surface area contributed by atoms with Crippen molar-refractivity contribution in [2.75, 3.05) is 25.2 Å². The second-order valence-corrected chi connectivity index (χ2v) is 27.7. The van der Waals surface area contributed by atoms with Gasteiger partial charge in [0.2, 0.25) is 0 Å². The molecule has 8 aliphatic carbocycles. The van der Waals surface area contributed by atoms with Crippen LogP contribution in [0.25, 0.3) is 0 Å². The lowest BCUT2D eigenvalue weighted by Crippen LogP contribution is -2.51. The van der Waals surface area contributed by atoms with Gasteiger partial charge in [0.15, 0.2) is 0 Å². The van der Waals surface area contributed by atoms with Crippen LogP contribution in [0.3, 0.4) is 0 Å². The third-order valence-corrected chi connectivity index (χ3v) is 22.2. The number of fused-ring (bicyclic) bond motifs is 10. The van der Waals surface area contributed by atoms with Crippen LogP contribution in [0.15, 0.2) is 47.6 Å². The lowest BCUT2D eigenvalue weighted by atomic mass is 9.47. The number of ether oxygens (including phenoxy) is 2. The summed E-state index contributed by atoms with van der Waals surface area (Å²) in [6.45, 7) is 26.9. The number of aliphatic hydroxyl groups excluding tert-OH is 1. The number of carbonyl (C=O) groups excluding carboxylic acids is 1. The van der Waals surface area contributed by atoms with E-state index in [1.165, 1.54) is 128 Å². The van der Waals surface area contributed by atoms with Crippen LogP contribution in [0.1, 0.15) is 223 Å². The Bertz CT molecular complexity index is 1750. The van der Waals surface area contributed by atoms with E-state index in [1.807, 2.05) is 18.2 Å². The molecule has 1 N–H and O–H groups in total.